The van der Waals surface area contributed by atoms with E-state index in [2.05, 4.69) is 36.6 Å². The van der Waals surface area contributed by atoms with Gasteiger partial charge in [0.15, 0.2) is 0 Å². The molecule has 0 amide bonds. The van der Waals surface area contributed by atoms with E-state index in [-0.39, 0.29) is 0 Å². The van der Waals surface area contributed by atoms with Crippen LogP contribution in [0.1, 0.15) is 16.7 Å². The van der Waals surface area contributed by atoms with Crippen molar-refractivity contribution >= 4 is 5.69 Å². The van der Waals surface area contributed by atoms with E-state index in [1.807, 2.05) is 7.05 Å². The van der Waals surface area contributed by atoms with Gasteiger partial charge in [-0.15, -0.1) is 0 Å². The molecule has 1 aromatic carbocycles. The summed E-state index contributed by atoms with van der Waals surface area (Å²) in [4.78, 5) is 0. The zero-order chi connectivity index (χ0) is 10.1. The van der Waals surface area contributed by atoms with Gasteiger partial charge in [0.05, 0.1) is 0 Å². The molecule has 1 atom stereocenters. The molecule has 0 aromatic heterocycles. The molecule has 0 fully saturated rings. The highest BCUT2D eigenvalue weighted by Gasteiger charge is 2.21. The van der Waals surface area contributed by atoms with E-state index >= 15 is 0 Å². The highest BCUT2D eigenvalue weighted by molar-refractivity contribution is 5.64. The fourth-order valence-corrected chi connectivity index (χ4v) is 2.13. The number of anilines is 1. The molecule has 2 nitrogen and oxygen atoms in total. The van der Waals surface area contributed by atoms with E-state index in [9.17, 15) is 0 Å². The van der Waals surface area contributed by atoms with Crippen molar-refractivity contribution in [3.05, 3.63) is 28.8 Å². The maximum absolute atomic E-state index is 3.58. The average molecular weight is 190 g/mol. The zero-order valence-electron chi connectivity index (χ0n) is 9.15. The number of benzene rings is 1. The molecule has 1 unspecified atom stereocenters. The molecule has 2 N–H and O–H groups in total. The van der Waals surface area contributed by atoms with Crippen LogP contribution >= 0.6 is 0 Å². The third-order valence-electron chi connectivity index (χ3n) is 3.09. The lowest BCUT2D eigenvalue weighted by Gasteiger charge is -2.11. The van der Waals surface area contributed by atoms with Crippen LogP contribution in [-0.2, 0) is 6.42 Å². The summed E-state index contributed by atoms with van der Waals surface area (Å²) in [6, 6.07) is 5.04. The Balaban J connectivity index is 2.26. The average Bonchev–Trinajstić information content (AvgIpc) is 2.56. The number of nitrogens with one attached hydrogen (secondary N) is 2. The molecule has 1 aromatic rings. The number of aryl methyl sites for hydroxylation is 1. The summed E-state index contributed by atoms with van der Waals surface area (Å²) in [6.45, 7) is 5.40. The van der Waals surface area contributed by atoms with Crippen LogP contribution in [-0.4, -0.2) is 19.6 Å². The summed E-state index contributed by atoms with van der Waals surface area (Å²) >= 11 is 0. The Bertz CT molecular complexity index is 344. The number of hydrogen-bond donors (Lipinski definition) is 2. The predicted molar refractivity (Wildman–Crippen MR) is 61.0 cm³/mol. The van der Waals surface area contributed by atoms with Crippen molar-refractivity contribution in [1.29, 1.82) is 0 Å². The molecular formula is C12H18N2. The Morgan fingerprint density at radius 1 is 1.43 bits per heavy atom. The van der Waals surface area contributed by atoms with Gasteiger partial charge in [0, 0.05) is 18.3 Å². The molecule has 2 rings (SSSR count). The van der Waals surface area contributed by atoms with Gasteiger partial charge in [-0.3, -0.25) is 0 Å². The summed E-state index contributed by atoms with van der Waals surface area (Å²) in [5.41, 5.74) is 5.61. The Morgan fingerprint density at radius 3 is 2.93 bits per heavy atom. The molecule has 76 valence electrons. The Labute approximate surface area is 85.7 Å². The highest BCUT2D eigenvalue weighted by atomic mass is 15.0. The first-order chi connectivity index (χ1) is 6.72. The number of rotatable bonds is 2. The maximum Gasteiger partial charge on any atom is 0.0427 e. The summed E-state index contributed by atoms with van der Waals surface area (Å²) in [6.07, 6.45) is 1.15. The van der Waals surface area contributed by atoms with E-state index in [4.69, 9.17) is 0 Å². The van der Waals surface area contributed by atoms with Gasteiger partial charge in [-0.1, -0.05) is 12.1 Å². The smallest absolute Gasteiger partial charge is 0.0427 e. The normalized spacial score (nSPS) is 19.2. The van der Waals surface area contributed by atoms with Gasteiger partial charge in [0.2, 0.25) is 0 Å². The molecule has 1 aliphatic heterocycles. The predicted octanol–water partition coefficient (Wildman–Crippen LogP) is 1.86. The van der Waals surface area contributed by atoms with Crippen molar-refractivity contribution in [2.45, 2.75) is 26.3 Å². The minimum atomic E-state index is 0.565. The maximum atomic E-state index is 3.58. The molecule has 0 saturated carbocycles. The quantitative estimate of drug-likeness (QED) is 0.744. The van der Waals surface area contributed by atoms with Gasteiger partial charge >= 0.3 is 0 Å². The lowest BCUT2D eigenvalue weighted by Crippen LogP contribution is -2.28. The minimum Gasteiger partial charge on any atom is -0.380 e. The van der Waals surface area contributed by atoms with E-state index < -0.39 is 0 Å². The van der Waals surface area contributed by atoms with Gasteiger partial charge < -0.3 is 10.6 Å². The second-order valence-electron chi connectivity index (χ2n) is 4.14. The second-order valence-corrected chi connectivity index (χ2v) is 4.14. The van der Waals surface area contributed by atoms with E-state index in [0.717, 1.165) is 13.0 Å². The Hall–Kier alpha value is -1.02. The molecule has 0 aliphatic carbocycles. The largest absolute Gasteiger partial charge is 0.380 e. The molecule has 1 heterocycles. The van der Waals surface area contributed by atoms with Crippen LogP contribution < -0.4 is 10.6 Å². The molecule has 0 spiro atoms. The molecular weight excluding hydrogens is 172 g/mol. The van der Waals surface area contributed by atoms with Crippen molar-refractivity contribution < 1.29 is 0 Å². The van der Waals surface area contributed by atoms with Crippen molar-refractivity contribution in [3.8, 4) is 0 Å². The second kappa shape index (κ2) is 3.62. The third-order valence-corrected chi connectivity index (χ3v) is 3.09. The first-order valence-electron chi connectivity index (χ1n) is 5.22. The fraction of sp³-hybridized carbons (Fsp3) is 0.500. The summed E-state index contributed by atoms with van der Waals surface area (Å²) < 4.78 is 0. The van der Waals surface area contributed by atoms with Crippen LogP contribution in [0.2, 0.25) is 0 Å². The molecule has 0 bridgehead atoms. The van der Waals surface area contributed by atoms with E-state index in [1.54, 1.807) is 0 Å². The van der Waals surface area contributed by atoms with E-state index in [0.29, 0.717) is 6.04 Å². The fourth-order valence-electron chi connectivity index (χ4n) is 2.13. The van der Waals surface area contributed by atoms with Crippen LogP contribution in [0.15, 0.2) is 12.1 Å². The molecule has 14 heavy (non-hydrogen) atoms. The van der Waals surface area contributed by atoms with Crippen LogP contribution in [0.5, 0.6) is 0 Å². The van der Waals surface area contributed by atoms with Crippen LogP contribution in [0.3, 0.4) is 0 Å². The zero-order valence-corrected chi connectivity index (χ0v) is 9.15. The van der Waals surface area contributed by atoms with Gasteiger partial charge in [0.1, 0.15) is 0 Å². The van der Waals surface area contributed by atoms with Crippen molar-refractivity contribution in [3.63, 3.8) is 0 Å². The number of hydrogen-bond acceptors (Lipinski definition) is 2. The Morgan fingerprint density at radius 2 is 2.21 bits per heavy atom. The van der Waals surface area contributed by atoms with Crippen molar-refractivity contribution in [1.82, 2.24) is 5.32 Å². The molecule has 0 radical (unpaired) electrons. The number of likely N-dealkylation sites (N-methyl/N-ethyl adjacent to an activating group) is 1. The summed E-state index contributed by atoms with van der Waals surface area (Å²) in [5.74, 6) is 0. The van der Waals surface area contributed by atoms with E-state index in [1.165, 1.54) is 22.4 Å². The molecule has 1 aliphatic rings. The topological polar surface area (TPSA) is 24.1 Å². The van der Waals surface area contributed by atoms with Gasteiger partial charge in [-0.25, -0.2) is 0 Å². The first-order valence-corrected chi connectivity index (χ1v) is 5.22. The summed E-state index contributed by atoms with van der Waals surface area (Å²) in [7, 11) is 2.00. The highest BCUT2D eigenvalue weighted by Crippen LogP contribution is 2.30. The van der Waals surface area contributed by atoms with Crippen molar-refractivity contribution in [2.24, 2.45) is 0 Å². The lowest BCUT2D eigenvalue weighted by molar-refractivity contribution is 0.673. The monoisotopic (exact) mass is 190 g/mol. The molecule has 0 saturated heterocycles. The van der Waals surface area contributed by atoms with Crippen LogP contribution in [0.4, 0.5) is 5.69 Å². The SMILES string of the molecule is CNCC1Cc2ccc(C)c(C)c2N1. The van der Waals surface area contributed by atoms with Crippen LogP contribution in [0, 0.1) is 13.8 Å². The standard InChI is InChI=1S/C12H18N2/c1-8-4-5-10-6-11(7-13-3)14-12(10)9(8)2/h4-5,11,13-14H,6-7H2,1-3H3. The minimum absolute atomic E-state index is 0.565. The van der Waals surface area contributed by atoms with Gasteiger partial charge in [-0.05, 0) is 44.0 Å². The van der Waals surface area contributed by atoms with Gasteiger partial charge in [0.25, 0.3) is 0 Å². The van der Waals surface area contributed by atoms with Crippen molar-refractivity contribution in [2.75, 3.05) is 18.9 Å². The third kappa shape index (κ3) is 1.50. The lowest BCUT2D eigenvalue weighted by atomic mass is 10.0. The van der Waals surface area contributed by atoms with Gasteiger partial charge in [-0.2, -0.15) is 0 Å². The molecule has 2 heteroatoms. The summed E-state index contributed by atoms with van der Waals surface area (Å²) in [5, 5.41) is 6.80. The first kappa shape index (κ1) is 9.53. The Kier molecular flexibility index (Phi) is 2.46. The van der Waals surface area contributed by atoms with Crippen LogP contribution in [0.25, 0.3) is 0 Å². The number of fused-ring (bicyclic) bond motifs is 1.